The second kappa shape index (κ2) is 12.2. The number of fused-ring (bicyclic) bond motifs is 1. The summed E-state index contributed by atoms with van der Waals surface area (Å²) in [4.78, 5) is 17.4. The van der Waals surface area contributed by atoms with Crippen LogP contribution < -0.4 is 10.5 Å². The molecule has 0 fully saturated rings. The third-order valence-corrected chi connectivity index (χ3v) is 7.60. The van der Waals surface area contributed by atoms with Crippen LogP contribution in [0.2, 0.25) is 0 Å². The fourth-order valence-corrected chi connectivity index (χ4v) is 5.37. The topological polar surface area (TPSA) is 77.2 Å². The van der Waals surface area contributed by atoms with Gasteiger partial charge in [0.1, 0.15) is 22.7 Å². The number of anilines is 1. The Balaban J connectivity index is 1.59. The van der Waals surface area contributed by atoms with Gasteiger partial charge >= 0.3 is 5.63 Å². The van der Waals surface area contributed by atoms with Crippen LogP contribution in [0, 0.1) is 5.92 Å². The van der Waals surface area contributed by atoms with E-state index in [1.807, 2.05) is 12.1 Å². The molecule has 1 atom stereocenters. The first-order valence-electron chi connectivity index (χ1n) is 13.9. The molecule has 0 saturated heterocycles. The Labute approximate surface area is 225 Å². The van der Waals surface area contributed by atoms with Crippen molar-refractivity contribution in [3.05, 3.63) is 87.2 Å². The van der Waals surface area contributed by atoms with Crippen LogP contribution in [0.25, 0.3) is 17.0 Å². The lowest BCUT2D eigenvalue weighted by Crippen LogP contribution is -2.21. The minimum absolute atomic E-state index is 0.0733. The molecule has 1 unspecified atom stereocenters. The maximum Gasteiger partial charge on any atom is 0.347 e. The second-order valence-electron chi connectivity index (χ2n) is 9.86. The average Bonchev–Trinajstić information content (AvgIpc) is 3.09. The third-order valence-electron chi connectivity index (χ3n) is 7.60. The van der Waals surface area contributed by atoms with E-state index in [9.17, 15) is 15.0 Å². The normalized spacial score (nSPS) is 19.9. The zero-order chi connectivity index (χ0) is 27.2. The molecule has 0 radical (unpaired) electrons. The predicted octanol–water partition coefficient (Wildman–Crippen LogP) is 7.08. The van der Waals surface area contributed by atoms with Crippen LogP contribution in [0.1, 0.15) is 58.9 Å². The number of hydrogen-bond donors (Lipinski definition) is 2. The molecule has 0 aliphatic heterocycles. The summed E-state index contributed by atoms with van der Waals surface area (Å²) in [6, 6.07) is 5.50. The molecule has 2 N–H and O–H groups in total. The van der Waals surface area contributed by atoms with Gasteiger partial charge in [-0.2, -0.15) is 0 Å². The van der Waals surface area contributed by atoms with E-state index < -0.39 is 5.63 Å². The van der Waals surface area contributed by atoms with Gasteiger partial charge in [-0.3, -0.25) is 0 Å². The van der Waals surface area contributed by atoms with E-state index in [1.165, 1.54) is 11.3 Å². The van der Waals surface area contributed by atoms with Gasteiger partial charge in [0, 0.05) is 43.6 Å². The van der Waals surface area contributed by atoms with Crippen molar-refractivity contribution in [2.24, 2.45) is 5.92 Å². The molecule has 0 amide bonds. The van der Waals surface area contributed by atoms with Gasteiger partial charge in [0.15, 0.2) is 0 Å². The molecule has 0 spiro atoms. The molecule has 1 heterocycles. The Kier molecular flexibility index (Phi) is 8.82. The van der Waals surface area contributed by atoms with Gasteiger partial charge in [0.25, 0.3) is 0 Å². The molecule has 38 heavy (non-hydrogen) atoms. The highest BCUT2D eigenvalue weighted by molar-refractivity contribution is 5.89. The van der Waals surface area contributed by atoms with Gasteiger partial charge in [0.05, 0.1) is 5.39 Å². The number of aliphatic hydroxyl groups is 1. The maximum absolute atomic E-state index is 12.9. The highest BCUT2D eigenvalue weighted by Crippen LogP contribution is 2.34. The number of likely N-dealkylation sites (N-methyl/N-ethyl adjacent to an activating group) is 1. The minimum atomic E-state index is -0.613. The molecule has 2 aliphatic rings. The van der Waals surface area contributed by atoms with Gasteiger partial charge in [0.2, 0.25) is 0 Å². The number of aromatic hydroxyl groups is 1. The van der Waals surface area contributed by atoms with E-state index in [1.54, 1.807) is 18.2 Å². The van der Waals surface area contributed by atoms with Crippen LogP contribution in [0.5, 0.6) is 5.75 Å². The Morgan fingerprint density at radius 2 is 1.76 bits per heavy atom. The first kappa shape index (κ1) is 27.4. The van der Waals surface area contributed by atoms with Crippen molar-refractivity contribution in [3.8, 4) is 5.75 Å². The molecule has 0 bridgehead atoms. The van der Waals surface area contributed by atoms with Crippen LogP contribution in [-0.2, 0) is 0 Å². The maximum atomic E-state index is 12.9. The van der Waals surface area contributed by atoms with Crippen molar-refractivity contribution in [2.45, 2.75) is 53.4 Å². The Bertz CT molecular complexity index is 1370. The van der Waals surface area contributed by atoms with Crippen molar-refractivity contribution >= 4 is 22.7 Å². The van der Waals surface area contributed by atoms with Crippen LogP contribution >= 0.6 is 0 Å². The smallest absolute Gasteiger partial charge is 0.347 e. The number of aliphatic hydroxyl groups excluding tert-OH is 1. The standard InChI is InChI=1S/C32H40N2O4/c1-5-33(6-2)25-14-12-22(13-15-25)18-23-10-9-11-24(29(35)19-23)20-28-31(36)27-17-16-26(34(7-3)8-4)21-30(27)38-32(28)37/h12,14-21,23,35-36H,5-11,13H2,1-4H3/b22-18-,24-20+. The molecule has 1 aromatic heterocycles. The fourth-order valence-electron chi connectivity index (χ4n) is 5.37. The predicted molar refractivity (Wildman–Crippen MR) is 157 cm³/mol. The zero-order valence-electron chi connectivity index (χ0n) is 23.0. The second-order valence-corrected chi connectivity index (χ2v) is 9.86. The summed E-state index contributed by atoms with van der Waals surface area (Å²) < 4.78 is 5.61. The van der Waals surface area contributed by atoms with Gasteiger partial charge in [-0.05, 0) is 101 Å². The lowest BCUT2D eigenvalue weighted by Gasteiger charge is -2.24. The van der Waals surface area contributed by atoms with Crippen molar-refractivity contribution < 1.29 is 14.6 Å². The Morgan fingerprint density at radius 1 is 1.03 bits per heavy atom. The number of rotatable bonds is 8. The van der Waals surface area contributed by atoms with Crippen molar-refractivity contribution in [1.82, 2.24) is 4.90 Å². The first-order chi connectivity index (χ1) is 18.4. The first-order valence-corrected chi connectivity index (χ1v) is 13.9. The molecule has 202 valence electrons. The van der Waals surface area contributed by atoms with E-state index in [-0.39, 0.29) is 23.0 Å². The van der Waals surface area contributed by atoms with E-state index in [0.29, 0.717) is 23.0 Å². The van der Waals surface area contributed by atoms with E-state index in [0.717, 1.165) is 51.1 Å². The number of benzene rings is 1. The highest BCUT2D eigenvalue weighted by atomic mass is 16.4. The van der Waals surface area contributed by atoms with E-state index >= 15 is 0 Å². The Morgan fingerprint density at radius 3 is 2.42 bits per heavy atom. The molecule has 6 heteroatoms. The molecule has 6 nitrogen and oxygen atoms in total. The molecular weight excluding hydrogens is 476 g/mol. The molecule has 2 aromatic rings. The summed E-state index contributed by atoms with van der Waals surface area (Å²) in [6.45, 7) is 12.1. The lowest BCUT2D eigenvalue weighted by atomic mass is 9.96. The van der Waals surface area contributed by atoms with Crippen LogP contribution in [-0.4, -0.2) is 41.3 Å². The van der Waals surface area contributed by atoms with Gasteiger partial charge in [-0.15, -0.1) is 0 Å². The summed E-state index contributed by atoms with van der Waals surface area (Å²) in [7, 11) is 0. The average molecular weight is 517 g/mol. The number of allylic oxidation sites excluding steroid dienone is 7. The van der Waals surface area contributed by atoms with Crippen LogP contribution in [0.15, 0.2) is 80.4 Å². The van der Waals surface area contributed by atoms with E-state index in [4.69, 9.17) is 4.42 Å². The molecular formula is C32H40N2O4. The van der Waals surface area contributed by atoms with Crippen molar-refractivity contribution in [2.75, 3.05) is 31.1 Å². The van der Waals surface area contributed by atoms with Crippen LogP contribution in [0.4, 0.5) is 5.69 Å². The quantitative estimate of drug-likeness (QED) is 0.365. The largest absolute Gasteiger partial charge is 0.508 e. The Hall–Kier alpha value is -3.67. The fraction of sp³-hybridized carbons (Fsp3) is 0.406. The van der Waals surface area contributed by atoms with Gasteiger partial charge in [-0.1, -0.05) is 18.2 Å². The monoisotopic (exact) mass is 516 g/mol. The molecule has 1 aromatic carbocycles. The van der Waals surface area contributed by atoms with E-state index in [2.05, 4.69) is 61.8 Å². The van der Waals surface area contributed by atoms with Crippen LogP contribution in [0.3, 0.4) is 0 Å². The summed E-state index contributed by atoms with van der Waals surface area (Å²) in [6.07, 6.45) is 15.5. The molecule has 2 aliphatic carbocycles. The van der Waals surface area contributed by atoms with Crippen molar-refractivity contribution in [1.29, 1.82) is 0 Å². The SMILES string of the molecule is CCN(CC)C1=CC/C(=C\C2C=C(O)/C(=C/c3c(O)c4ccc(N(CC)CC)cc4oc3=O)CCC2)C=C1. The third kappa shape index (κ3) is 5.90. The highest BCUT2D eigenvalue weighted by Gasteiger charge is 2.19. The zero-order valence-corrected chi connectivity index (χ0v) is 23.0. The summed E-state index contributed by atoms with van der Waals surface area (Å²) in [5.41, 5.74) is 3.88. The number of nitrogens with zero attached hydrogens (tertiary/aromatic N) is 2. The molecule has 4 rings (SSSR count). The van der Waals surface area contributed by atoms with Gasteiger partial charge < -0.3 is 24.4 Å². The molecule has 0 saturated carbocycles. The van der Waals surface area contributed by atoms with Crippen molar-refractivity contribution in [3.63, 3.8) is 0 Å². The number of hydrogen-bond acceptors (Lipinski definition) is 6. The lowest BCUT2D eigenvalue weighted by molar-refractivity contribution is 0.392. The summed E-state index contributed by atoms with van der Waals surface area (Å²) >= 11 is 0. The summed E-state index contributed by atoms with van der Waals surface area (Å²) in [5.74, 6) is 0.136. The minimum Gasteiger partial charge on any atom is -0.508 e. The van der Waals surface area contributed by atoms with Gasteiger partial charge in [-0.25, -0.2) is 4.79 Å². The summed E-state index contributed by atoms with van der Waals surface area (Å²) in [5, 5.41) is 22.4.